The number of carbonyl (C=O) groups excluding carboxylic acids is 1. The van der Waals surface area contributed by atoms with Crippen molar-refractivity contribution in [3.05, 3.63) is 23.8 Å². The molecule has 0 saturated carbocycles. The summed E-state index contributed by atoms with van der Waals surface area (Å²) in [4.78, 5) is 11.9. The Bertz CT molecular complexity index is 641. The van der Waals surface area contributed by atoms with Crippen LogP contribution in [0.4, 0.5) is 0 Å². The Hall–Kier alpha value is -1.59. The normalized spacial score (nSPS) is 14.5. The third kappa shape index (κ3) is 10.0. The van der Waals surface area contributed by atoms with Crippen LogP contribution in [0.25, 0.3) is 0 Å². The van der Waals surface area contributed by atoms with Crippen molar-refractivity contribution in [2.24, 2.45) is 23.7 Å². The number of hydrogen-bond donors (Lipinski definition) is 1. The highest BCUT2D eigenvalue weighted by Gasteiger charge is 2.23. The van der Waals surface area contributed by atoms with E-state index in [9.17, 15) is 9.90 Å². The first-order chi connectivity index (χ1) is 14.7. The summed E-state index contributed by atoms with van der Waals surface area (Å²) in [5.74, 6) is 2.81. The molecule has 0 bridgehead atoms. The van der Waals surface area contributed by atoms with E-state index in [2.05, 4.69) is 26.0 Å². The summed E-state index contributed by atoms with van der Waals surface area (Å²) in [6.45, 7) is 11.4. The highest BCUT2D eigenvalue weighted by Crippen LogP contribution is 2.31. The third-order valence-electron chi connectivity index (χ3n) is 6.14. The monoisotopic (exact) mass is 436 g/mol. The van der Waals surface area contributed by atoms with Crippen LogP contribution in [0.15, 0.2) is 18.2 Å². The molecule has 0 aliphatic rings. The number of rotatable bonds is 16. The van der Waals surface area contributed by atoms with Crippen molar-refractivity contribution < 1.29 is 24.1 Å². The van der Waals surface area contributed by atoms with Gasteiger partial charge >= 0.3 is 0 Å². The molecule has 0 aliphatic heterocycles. The van der Waals surface area contributed by atoms with Gasteiger partial charge in [0.25, 0.3) is 0 Å². The minimum absolute atomic E-state index is 0.0631. The third-order valence-corrected chi connectivity index (χ3v) is 6.14. The summed E-state index contributed by atoms with van der Waals surface area (Å²) in [5.41, 5.74) is 1.21. The molecule has 0 radical (unpaired) electrons. The number of carbonyl (C=O) groups is 1. The Morgan fingerprint density at radius 1 is 1.00 bits per heavy atom. The van der Waals surface area contributed by atoms with Crippen LogP contribution < -0.4 is 9.47 Å². The van der Waals surface area contributed by atoms with Crippen molar-refractivity contribution >= 4 is 5.78 Å². The van der Waals surface area contributed by atoms with Crippen LogP contribution in [0.5, 0.6) is 11.5 Å². The van der Waals surface area contributed by atoms with Crippen LogP contribution in [-0.4, -0.2) is 44.4 Å². The largest absolute Gasteiger partial charge is 0.493 e. The highest BCUT2D eigenvalue weighted by atomic mass is 16.5. The molecule has 0 fully saturated rings. The smallest absolute Gasteiger partial charge is 0.161 e. The molecule has 1 unspecified atom stereocenters. The van der Waals surface area contributed by atoms with E-state index in [4.69, 9.17) is 14.2 Å². The SMILES string of the molecule is COCCCOc1cc(CC(CC[C@@H](O)C[C@H](C(C)=O)C(C)C)C(C)C)ccc1OC. The van der Waals surface area contributed by atoms with E-state index in [1.807, 2.05) is 19.9 Å². The summed E-state index contributed by atoms with van der Waals surface area (Å²) in [7, 11) is 3.34. The topological polar surface area (TPSA) is 65.0 Å². The molecule has 1 aromatic carbocycles. The zero-order valence-corrected chi connectivity index (χ0v) is 20.6. The van der Waals surface area contributed by atoms with E-state index in [1.54, 1.807) is 21.1 Å². The minimum Gasteiger partial charge on any atom is -0.493 e. The molecule has 0 aliphatic carbocycles. The second-order valence-electron chi connectivity index (χ2n) is 9.32. The Labute approximate surface area is 189 Å². The number of methoxy groups -OCH3 is 2. The molecule has 1 N–H and O–H groups in total. The molecule has 0 aromatic heterocycles. The quantitative estimate of drug-likeness (QED) is 0.355. The number of ether oxygens (including phenoxy) is 3. The van der Waals surface area contributed by atoms with Crippen LogP contribution >= 0.6 is 0 Å². The molecule has 31 heavy (non-hydrogen) atoms. The first kappa shape index (κ1) is 27.4. The molecule has 1 rings (SSSR count). The van der Waals surface area contributed by atoms with Gasteiger partial charge in [0, 0.05) is 26.1 Å². The van der Waals surface area contributed by atoms with Gasteiger partial charge in [0.15, 0.2) is 11.5 Å². The number of aliphatic hydroxyl groups excluding tert-OH is 1. The average molecular weight is 437 g/mol. The maximum atomic E-state index is 11.9. The number of ketones is 1. The lowest BCUT2D eigenvalue weighted by Crippen LogP contribution is -2.24. The summed E-state index contributed by atoms with van der Waals surface area (Å²) in [6.07, 6.45) is 3.51. The molecule has 0 saturated heterocycles. The Morgan fingerprint density at radius 3 is 2.26 bits per heavy atom. The van der Waals surface area contributed by atoms with Gasteiger partial charge in [-0.2, -0.15) is 0 Å². The van der Waals surface area contributed by atoms with Gasteiger partial charge in [0.1, 0.15) is 5.78 Å². The number of benzene rings is 1. The fraction of sp³-hybridized carbons (Fsp3) is 0.731. The number of hydrogen-bond acceptors (Lipinski definition) is 5. The molecule has 1 aromatic rings. The van der Waals surface area contributed by atoms with Crippen LogP contribution in [0, 0.1) is 23.7 Å². The van der Waals surface area contributed by atoms with Crippen LogP contribution in [0.2, 0.25) is 0 Å². The van der Waals surface area contributed by atoms with Crippen molar-refractivity contribution in [2.45, 2.75) is 72.8 Å². The Morgan fingerprint density at radius 2 is 1.71 bits per heavy atom. The van der Waals surface area contributed by atoms with Gasteiger partial charge in [-0.25, -0.2) is 0 Å². The Balaban J connectivity index is 2.74. The lowest BCUT2D eigenvalue weighted by atomic mass is 9.82. The second kappa shape index (κ2) is 14.5. The second-order valence-corrected chi connectivity index (χ2v) is 9.32. The highest BCUT2D eigenvalue weighted by molar-refractivity contribution is 5.78. The minimum atomic E-state index is -0.437. The van der Waals surface area contributed by atoms with Crippen LogP contribution in [0.1, 0.15) is 65.9 Å². The van der Waals surface area contributed by atoms with Crippen LogP contribution in [-0.2, 0) is 16.0 Å². The van der Waals surface area contributed by atoms with Crippen molar-refractivity contribution in [3.8, 4) is 11.5 Å². The molecule has 3 atom stereocenters. The molecule has 178 valence electrons. The first-order valence-electron chi connectivity index (χ1n) is 11.7. The standard InChI is InChI=1S/C26H44O5/c1-18(2)22(10-11-23(28)17-24(19(3)4)20(5)27)15-21-9-12-25(30-7)26(16-21)31-14-8-13-29-6/h9,12,16,18-19,22-24,28H,8,10-11,13-15,17H2,1-7H3/t22?,23-,24+/m1/s1. The van der Waals surface area contributed by atoms with Crippen molar-refractivity contribution in [3.63, 3.8) is 0 Å². The molecular weight excluding hydrogens is 392 g/mol. The van der Waals surface area contributed by atoms with E-state index in [0.29, 0.717) is 31.5 Å². The molecular formula is C26H44O5. The van der Waals surface area contributed by atoms with Gasteiger partial charge in [0.2, 0.25) is 0 Å². The fourth-order valence-electron chi connectivity index (χ4n) is 4.05. The summed E-state index contributed by atoms with van der Waals surface area (Å²) in [6, 6.07) is 6.13. The van der Waals surface area contributed by atoms with Gasteiger partial charge < -0.3 is 19.3 Å². The summed E-state index contributed by atoms with van der Waals surface area (Å²) in [5, 5.41) is 10.6. The van der Waals surface area contributed by atoms with Crippen molar-refractivity contribution in [1.29, 1.82) is 0 Å². The zero-order valence-electron chi connectivity index (χ0n) is 20.6. The van der Waals surface area contributed by atoms with Gasteiger partial charge in [-0.3, -0.25) is 4.79 Å². The molecule has 0 amide bonds. The molecule has 5 nitrogen and oxygen atoms in total. The van der Waals surface area contributed by atoms with Crippen LogP contribution in [0.3, 0.4) is 0 Å². The average Bonchev–Trinajstić information content (AvgIpc) is 2.71. The van der Waals surface area contributed by atoms with E-state index in [0.717, 1.165) is 37.2 Å². The van der Waals surface area contributed by atoms with Gasteiger partial charge in [-0.05, 0) is 68.1 Å². The van der Waals surface area contributed by atoms with Gasteiger partial charge in [-0.1, -0.05) is 33.8 Å². The predicted octanol–water partition coefficient (Wildman–Crippen LogP) is 5.32. The first-order valence-corrected chi connectivity index (χ1v) is 11.7. The van der Waals surface area contributed by atoms with E-state index >= 15 is 0 Å². The maximum absolute atomic E-state index is 11.9. The van der Waals surface area contributed by atoms with E-state index in [-0.39, 0.29) is 17.6 Å². The van der Waals surface area contributed by atoms with E-state index in [1.165, 1.54) is 5.56 Å². The van der Waals surface area contributed by atoms with Crippen molar-refractivity contribution in [2.75, 3.05) is 27.4 Å². The van der Waals surface area contributed by atoms with E-state index < -0.39 is 6.10 Å². The van der Waals surface area contributed by atoms with Crippen molar-refractivity contribution in [1.82, 2.24) is 0 Å². The molecule has 0 spiro atoms. The summed E-state index contributed by atoms with van der Waals surface area (Å²) >= 11 is 0. The number of Topliss-reactive ketones (excluding diaryl/α,β-unsaturated/α-hetero) is 1. The van der Waals surface area contributed by atoms with Gasteiger partial charge in [0.05, 0.1) is 19.8 Å². The zero-order chi connectivity index (χ0) is 23.4. The maximum Gasteiger partial charge on any atom is 0.161 e. The Kier molecular flexibility index (Phi) is 12.8. The van der Waals surface area contributed by atoms with Gasteiger partial charge in [-0.15, -0.1) is 0 Å². The number of aliphatic hydroxyl groups is 1. The molecule has 5 heteroatoms. The lowest BCUT2D eigenvalue weighted by molar-refractivity contribution is -0.123. The predicted molar refractivity (Wildman–Crippen MR) is 126 cm³/mol. The molecule has 0 heterocycles. The fourth-order valence-corrected chi connectivity index (χ4v) is 4.05. The lowest BCUT2D eigenvalue weighted by Gasteiger charge is -2.25. The summed E-state index contributed by atoms with van der Waals surface area (Å²) < 4.78 is 16.5.